The Hall–Kier alpha value is -4.92. The van der Waals surface area contributed by atoms with Gasteiger partial charge >= 0.3 is 6.09 Å². The number of piperidine rings is 1. The molecule has 222 valence electrons. The number of pyridine rings is 2. The molecule has 0 aliphatic carbocycles. The number of rotatable bonds is 5. The number of hydrogen-bond acceptors (Lipinski definition) is 8. The number of aryl methyl sites for hydroxylation is 1. The molecule has 1 aliphatic rings. The summed E-state index contributed by atoms with van der Waals surface area (Å²) in [5.74, 6) is 0.520. The van der Waals surface area contributed by atoms with Crippen molar-refractivity contribution in [1.82, 2.24) is 39.1 Å². The molecule has 0 saturated carbocycles. The van der Waals surface area contributed by atoms with Gasteiger partial charge in [0.15, 0.2) is 0 Å². The molecule has 5 aromatic rings. The lowest BCUT2D eigenvalue weighted by Gasteiger charge is -2.33. The lowest BCUT2D eigenvalue weighted by molar-refractivity contribution is 0.0183. The van der Waals surface area contributed by atoms with Crippen molar-refractivity contribution in [3.8, 4) is 23.1 Å². The molecule has 12 nitrogen and oxygen atoms in total. The third-order valence-corrected chi connectivity index (χ3v) is 7.94. The van der Waals surface area contributed by atoms with Crippen LogP contribution in [0.2, 0.25) is 0 Å². The monoisotopic (exact) mass is 581 g/mol. The maximum Gasteiger partial charge on any atom is 0.410 e. The molecule has 0 N–H and O–H groups in total. The molecule has 43 heavy (non-hydrogen) atoms. The van der Waals surface area contributed by atoms with Gasteiger partial charge in [-0.2, -0.15) is 10.4 Å². The number of likely N-dealkylation sites (tertiary alicyclic amines) is 1. The summed E-state index contributed by atoms with van der Waals surface area (Å²) in [4.78, 5) is 18.7. The zero-order valence-corrected chi connectivity index (χ0v) is 25.3. The van der Waals surface area contributed by atoms with Gasteiger partial charge in [-0.05, 0) is 59.6 Å². The summed E-state index contributed by atoms with van der Waals surface area (Å²) in [5.41, 5.74) is 4.81. The fourth-order valence-corrected chi connectivity index (χ4v) is 5.74. The molecule has 1 fully saturated rings. The first-order chi connectivity index (χ1) is 20.5. The van der Waals surface area contributed by atoms with Gasteiger partial charge in [0.2, 0.25) is 0 Å². The summed E-state index contributed by atoms with van der Waals surface area (Å²) < 4.78 is 17.7. The van der Waals surface area contributed by atoms with Crippen molar-refractivity contribution in [3.63, 3.8) is 0 Å². The molecule has 12 heteroatoms. The molecule has 6 rings (SSSR count). The minimum atomic E-state index is -0.527. The van der Waals surface area contributed by atoms with Crippen molar-refractivity contribution in [1.29, 1.82) is 5.26 Å². The van der Waals surface area contributed by atoms with Crippen LogP contribution in [-0.2, 0) is 11.8 Å². The van der Waals surface area contributed by atoms with Gasteiger partial charge in [-0.3, -0.25) is 4.98 Å². The van der Waals surface area contributed by atoms with E-state index in [-0.39, 0.29) is 18.2 Å². The van der Waals surface area contributed by atoms with Crippen molar-refractivity contribution >= 4 is 22.5 Å². The quantitative estimate of drug-likeness (QED) is 0.271. The SMILES string of the molecule is Cc1c(-c2cc(OC(C)c3cncc4c3ccn4C)c3c(C#N)cnn3c2)nnn1C1CCN(C(=O)OC(C)(C)C)CC1. The van der Waals surface area contributed by atoms with Crippen LogP contribution in [0.5, 0.6) is 5.75 Å². The minimum Gasteiger partial charge on any atom is -0.484 e. The third kappa shape index (κ3) is 5.27. The van der Waals surface area contributed by atoms with E-state index < -0.39 is 5.60 Å². The fraction of sp³-hybridized carbons (Fsp3) is 0.419. The smallest absolute Gasteiger partial charge is 0.410 e. The van der Waals surface area contributed by atoms with E-state index in [2.05, 4.69) is 32.5 Å². The van der Waals surface area contributed by atoms with E-state index in [0.717, 1.165) is 40.6 Å². The molecular formula is C31H35N9O3. The molecular weight excluding hydrogens is 546 g/mol. The highest BCUT2D eigenvalue weighted by molar-refractivity contribution is 5.83. The van der Waals surface area contributed by atoms with E-state index >= 15 is 0 Å². The predicted octanol–water partition coefficient (Wildman–Crippen LogP) is 5.37. The summed E-state index contributed by atoms with van der Waals surface area (Å²) in [6, 6.07) is 6.29. The molecule has 1 saturated heterocycles. The van der Waals surface area contributed by atoms with E-state index in [0.29, 0.717) is 35.6 Å². The van der Waals surface area contributed by atoms with Crippen LogP contribution in [0.1, 0.15) is 69.5 Å². The summed E-state index contributed by atoms with van der Waals surface area (Å²) in [6.45, 7) is 10.8. The molecule has 1 unspecified atom stereocenters. The Morgan fingerprint density at radius 1 is 1.19 bits per heavy atom. The van der Waals surface area contributed by atoms with Gasteiger partial charge < -0.3 is 18.9 Å². The van der Waals surface area contributed by atoms with Gasteiger partial charge in [-0.15, -0.1) is 5.10 Å². The average molecular weight is 582 g/mol. The summed E-state index contributed by atoms with van der Waals surface area (Å²) in [6.07, 6.45) is 9.90. The number of hydrogen-bond donors (Lipinski definition) is 0. The number of carbonyl (C=O) groups excluding carboxylic acids is 1. The predicted molar refractivity (Wildman–Crippen MR) is 159 cm³/mol. The lowest BCUT2D eigenvalue weighted by atomic mass is 10.0. The van der Waals surface area contributed by atoms with Crippen molar-refractivity contribution in [2.45, 2.75) is 65.2 Å². The van der Waals surface area contributed by atoms with Crippen LogP contribution in [0, 0.1) is 18.3 Å². The van der Waals surface area contributed by atoms with E-state index in [9.17, 15) is 10.1 Å². The average Bonchev–Trinajstić information content (AvgIpc) is 3.68. The van der Waals surface area contributed by atoms with Gasteiger partial charge in [0.1, 0.15) is 40.3 Å². The van der Waals surface area contributed by atoms with E-state index in [1.165, 1.54) is 6.20 Å². The number of nitriles is 1. The van der Waals surface area contributed by atoms with Gasteiger partial charge in [-0.25, -0.2) is 14.0 Å². The fourth-order valence-electron chi connectivity index (χ4n) is 5.74. The van der Waals surface area contributed by atoms with Crippen LogP contribution in [-0.4, -0.2) is 63.8 Å². The van der Waals surface area contributed by atoms with Crippen LogP contribution >= 0.6 is 0 Å². The molecule has 0 bridgehead atoms. The first-order valence-electron chi connectivity index (χ1n) is 14.4. The van der Waals surface area contributed by atoms with Crippen LogP contribution < -0.4 is 4.74 Å². The summed E-state index contributed by atoms with van der Waals surface area (Å²) in [5, 5.41) is 24.4. The normalized spacial score (nSPS) is 15.1. The number of aromatic nitrogens is 7. The highest BCUT2D eigenvalue weighted by atomic mass is 16.6. The largest absolute Gasteiger partial charge is 0.484 e. The molecule has 0 radical (unpaired) electrons. The lowest BCUT2D eigenvalue weighted by Crippen LogP contribution is -2.42. The van der Waals surface area contributed by atoms with E-state index in [1.807, 2.05) is 81.8 Å². The van der Waals surface area contributed by atoms with Crippen LogP contribution in [0.4, 0.5) is 4.79 Å². The van der Waals surface area contributed by atoms with E-state index in [4.69, 9.17) is 9.47 Å². The zero-order chi connectivity index (χ0) is 30.5. The number of ether oxygens (including phenoxy) is 2. The highest BCUT2D eigenvalue weighted by Gasteiger charge is 2.29. The molecule has 0 aromatic carbocycles. The number of amides is 1. The third-order valence-electron chi connectivity index (χ3n) is 7.94. The minimum absolute atomic E-state index is 0.105. The molecule has 6 heterocycles. The summed E-state index contributed by atoms with van der Waals surface area (Å²) >= 11 is 0. The topological polar surface area (TPSA) is 128 Å². The Labute approximate surface area is 249 Å². The Balaban J connectivity index is 1.29. The van der Waals surface area contributed by atoms with Crippen molar-refractivity contribution in [3.05, 3.63) is 59.9 Å². The molecule has 1 atom stereocenters. The first-order valence-corrected chi connectivity index (χ1v) is 14.4. The Morgan fingerprint density at radius 3 is 2.67 bits per heavy atom. The summed E-state index contributed by atoms with van der Waals surface area (Å²) in [7, 11) is 1.98. The second-order valence-corrected chi connectivity index (χ2v) is 12.1. The molecule has 1 amide bonds. The highest BCUT2D eigenvalue weighted by Crippen LogP contribution is 2.35. The van der Waals surface area contributed by atoms with Gasteiger partial charge in [0, 0.05) is 55.2 Å². The number of fused-ring (bicyclic) bond motifs is 2. The van der Waals surface area contributed by atoms with E-state index in [1.54, 1.807) is 9.42 Å². The molecule has 0 spiro atoms. The second kappa shape index (κ2) is 10.7. The Kier molecular flexibility index (Phi) is 7.04. The van der Waals surface area contributed by atoms with Crippen LogP contribution in [0.3, 0.4) is 0 Å². The van der Waals surface area contributed by atoms with Crippen molar-refractivity contribution < 1.29 is 14.3 Å². The number of carbonyl (C=O) groups is 1. The Morgan fingerprint density at radius 2 is 1.95 bits per heavy atom. The van der Waals surface area contributed by atoms with Gasteiger partial charge in [0.05, 0.1) is 29.6 Å². The second-order valence-electron chi connectivity index (χ2n) is 12.1. The first kappa shape index (κ1) is 28.2. The zero-order valence-electron chi connectivity index (χ0n) is 25.3. The maximum absolute atomic E-state index is 12.5. The van der Waals surface area contributed by atoms with Crippen LogP contribution in [0.15, 0.2) is 43.1 Å². The van der Waals surface area contributed by atoms with Crippen LogP contribution in [0.25, 0.3) is 27.7 Å². The number of nitrogens with zero attached hydrogens (tertiary/aromatic N) is 9. The van der Waals surface area contributed by atoms with Gasteiger partial charge in [0.25, 0.3) is 0 Å². The van der Waals surface area contributed by atoms with Gasteiger partial charge in [-0.1, -0.05) is 5.21 Å². The maximum atomic E-state index is 12.5. The molecule has 1 aliphatic heterocycles. The Bertz CT molecular complexity index is 1860. The van der Waals surface area contributed by atoms with Crippen molar-refractivity contribution in [2.75, 3.05) is 13.1 Å². The molecule has 5 aromatic heterocycles. The van der Waals surface area contributed by atoms with Crippen molar-refractivity contribution in [2.24, 2.45) is 7.05 Å². The standard InChI is InChI=1S/C31H35N9O3/c1-19-28(35-36-40(19)23-7-11-38(12-8-23)30(41)43-31(3,4)5)21-13-27(29-22(14-32)15-34-39(29)18-21)42-20(2)25-16-33-17-26-24(25)9-10-37(26)6/h9-10,13,15-18,20,23H,7-8,11-12H2,1-6H3.